The first kappa shape index (κ1) is 41.3. The molecule has 17 nitrogen and oxygen atoms in total. The summed E-state index contributed by atoms with van der Waals surface area (Å²) in [4.78, 5) is 65.4. The predicted molar refractivity (Wildman–Crippen MR) is 216 cm³/mol. The van der Waals surface area contributed by atoms with E-state index in [2.05, 4.69) is 46.3 Å². The standard InChI is InChI=1S/C20H21FN6O3S.C17H18FN5O3S/c1-2-22-19(30)26-20-25-15-6-13(14(21)7-16(15)31-20)12-8-23-18(24-9-12)27-5-3-4-11(10-27)17(28)29;1-4-19-16(25)22-17-21-13-5-11(12(18)6-14(13)27-17)10-7-20-23(8-10)9(2)15(24)26-3/h6-9,11H,2-5,10H2,1H3,(H,28,29)(H2,22,25,26,30);5-9H,4H2,1-3H3,(H2,19,21,22,25). The lowest BCUT2D eigenvalue weighted by atomic mass is 9.99. The zero-order valence-corrected chi connectivity index (χ0v) is 33.3. The highest BCUT2D eigenvalue weighted by Gasteiger charge is 2.27. The number of anilines is 3. The van der Waals surface area contributed by atoms with Gasteiger partial charge in [0.25, 0.3) is 0 Å². The number of thiazole rings is 2. The highest BCUT2D eigenvalue weighted by molar-refractivity contribution is 7.22. The first-order valence-corrected chi connectivity index (χ1v) is 19.7. The summed E-state index contributed by atoms with van der Waals surface area (Å²) in [6, 6.07) is 4.58. The molecule has 2 atom stereocenters. The number of ether oxygens (including phenoxy) is 1. The van der Waals surface area contributed by atoms with Crippen LogP contribution >= 0.6 is 22.7 Å². The molecule has 6 aromatic rings. The molecular formula is C37H39F2N11O6S2. The van der Waals surface area contributed by atoms with Crippen molar-refractivity contribution in [2.45, 2.75) is 39.7 Å². The zero-order chi connectivity index (χ0) is 41.5. The summed E-state index contributed by atoms with van der Waals surface area (Å²) >= 11 is 2.37. The lowest BCUT2D eigenvalue weighted by Crippen LogP contribution is -2.39. The summed E-state index contributed by atoms with van der Waals surface area (Å²) in [5, 5.41) is 24.6. The van der Waals surface area contributed by atoms with E-state index in [4.69, 9.17) is 4.74 Å². The van der Waals surface area contributed by atoms with Gasteiger partial charge < -0.3 is 25.4 Å². The summed E-state index contributed by atoms with van der Waals surface area (Å²) in [5.74, 6) is -2.16. The van der Waals surface area contributed by atoms with Crippen LogP contribution in [0.1, 0.15) is 39.7 Å². The van der Waals surface area contributed by atoms with E-state index in [-0.39, 0.29) is 12.1 Å². The quantitative estimate of drug-likeness (QED) is 0.0934. The Kier molecular flexibility index (Phi) is 13.0. The van der Waals surface area contributed by atoms with Gasteiger partial charge in [-0.05, 0) is 57.9 Å². The molecule has 0 spiro atoms. The van der Waals surface area contributed by atoms with Crippen molar-refractivity contribution < 1.29 is 37.8 Å². The van der Waals surface area contributed by atoms with Crippen molar-refractivity contribution in [2.24, 2.45) is 5.92 Å². The third kappa shape index (κ3) is 9.60. The third-order valence-corrected chi connectivity index (χ3v) is 10.8. The number of rotatable bonds is 10. The second kappa shape index (κ2) is 18.3. The van der Waals surface area contributed by atoms with Gasteiger partial charge in [0.2, 0.25) is 5.95 Å². The number of carboxylic acid groups (broad SMARTS) is 1. The molecule has 1 fully saturated rings. The number of carbonyl (C=O) groups excluding carboxylic acids is 3. The number of aromatic nitrogens is 6. The molecule has 5 heterocycles. The Labute approximate surface area is 337 Å². The van der Waals surface area contributed by atoms with Crippen LogP contribution in [0.15, 0.2) is 49.1 Å². The van der Waals surface area contributed by atoms with Crippen molar-refractivity contribution in [1.82, 2.24) is 40.3 Å². The number of nitrogens with zero attached hydrogens (tertiary/aromatic N) is 7. The van der Waals surface area contributed by atoms with Crippen molar-refractivity contribution >= 4 is 83.3 Å². The number of carboxylic acids is 1. The van der Waals surface area contributed by atoms with Gasteiger partial charge in [0.15, 0.2) is 10.3 Å². The van der Waals surface area contributed by atoms with Gasteiger partial charge >= 0.3 is 24.0 Å². The predicted octanol–water partition coefficient (Wildman–Crippen LogP) is 6.51. The van der Waals surface area contributed by atoms with E-state index in [1.807, 2.05) is 11.8 Å². The molecule has 4 amide bonds. The molecule has 5 N–H and O–H groups in total. The van der Waals surface area contributed by atoms with E-state index < -0.39 is 35.5 Å². The minimum Gasteiger partial charge on any atom is -0.481 e. The topological polar surface area (TPSA) is 218 Å². The van der Waals surface area contributed by atoms with Crippen LogP contribution in [0.3, 0.4) is 0 Å². The number of carbonyl (C=O) groups is 4. The first-order chi connectivity index (χ1) is 27.9. The fraction of sp³-hybridized carbons (Fsp3) is 0.324. The van der Waals surface area contributed by atoms with Crippen molar-refractivity contribution in [2.75, 3.05) is 48.8 Å². The average Bonchev–Trinajstić information content (AvgIpc) is 3.95. The van der Waals surface area contributed by atoms with E-state index in [9.17, 15) is 33.1 Å². The van der Waals surface area contributed by atoms with Crippen molar-refractivity contribution in [1.29, 1.82) is 0 Å². The summed E-state index contributed by atoms with van der Waals surface area (Å²) in [5.41, 5.74) is 2.71. The number of hydrogen-bond acceptors (Lipinski definition) is 13. The highest BCUT2D eigenvalue weighted by atomic mass is 32.1. The van der Waals surface area contributed by atoms with E-state index in [0.717, 1.165) is 6.42 Å². The largest absolute Gasteiger partial charge is 0.481 e. The molecular weight excluding hydrogens is 797 g/mol. The summed E-state index contributed by atoms with van der Waals surface area (Å²) in [6.45, 7) is 7.27. The monoisotopic (exact) mass is 835 g/mol. The molecule has 1 saturated heterocycles. The second-order valence-electron chi connectivity index (χ2n) is 12.9. The van der Waals surface area contributed by atoms with Crippen molar-refractivity contribution in [3.05, 3.63) is 60.7 Å². The number of halogens is 2. The molecule has 21 heteroatoms. The fourth-order valence-electron chi connectivity index (χ4n) is 6.00. The van der Waals surface area contributed by atoms with Crippen LogP contribution in [0.2, 0.25) is 0 Å². The van der Waals surface area contributed by atoms with Gasteiger partial charge in [0.05, 0.1) is 39.7 Å². The van der Waals surface area contributed by atoms with E-state index in [0.29, 0.717) is 91.5 Å². The zero-order valence-electron chi connectivity index (χ0n) is 31.7. The van der Waals surface area contributed by atoms with Gasteiger partial charge in [-0.25, -0.2) is 43.1 Å². The number of amides is 4. The lowest BCUT2D eigenvalue weighted by Gasteiger charge is -2.30. The molecule has 4 aromatic heterocycles. The summed E-state index contributed by atoms with van der Waals surface area (Å²) < 4.78 is 36.6. The van der Waals surface area contributed by atoms with Crippen LogP contribution in [-0.4, -0.2) is 92.1 Å². The van der Waals surface area contributed by atoms with Gasteiger partial charge in [-0.15, -0.1) is 0 Å². The van der Waals surface area contributed by atoms with Crippen molar-refractivity contribution in [3.8, 4) is 22.3 Å². The molecule has 7 rings (SSSR count). The Hall–Kier alpha value is -6.35. The van der Waals surface area contributed by atoms with Crippen LogP contribution in [0, 0.1) is 17.6 Å². The maximum atomic E-state index is 14.7. The highest BCUT2D eigenvalue weighted by Crippen LogP contribution is 2.34. The van der Waals surface area contributed by atoms with Gasteiger partial charge in [-0.2, -0.15) is 5.10 Å². The SMILES string of the molecule is CCNC(=O)Nc1nc2cc(-c3cnc(N4CCCC(C(=O)O)C4)nc3)c(F)cc2s1.CCNC(=O)Nc1nc2cc(-c3cnn(C(C)C(=O)OC)c3)c(F)cc2s1. The molecule has 304 valence electrons. The molecule has 2 unspecified atom stereocenters. The molecule has 2 aromatic carbocycles. The molecule has 58 heavy (non-hydrogen) atoms. The minimum atomic E-state index is -0.819. The number of benzene rings is 2. The number of urea groups is 2. The normalized spacial score (nSPS) is 14.3. The molecule has 1 aliphatic heterocycles. The number of esters is 1. The number of fused-ring (bicyclic) bond motifs is 2. The Morgan fingerprint density at radius 3 is 1.95 bits per heavy atom. The van der Waals surface area contributed by atoms with E-state index >= 15 is 0 Å². The maximum Gasteiger partial charge on any atom is 0.330 e. The molecule has 0 saturated carbocycles. The maximum absolute atomic E-state index is 14.7. The fourth-order valence-corrected chi connectivity index (χ4v) is 7.74. The Bertz CT molecular complexity index is 2460. The van der Waals surface area contributed by atoms with Gasteiger partial charge in [-0.3, -0.25) is 20.1 Å². The van der Waals surface area contributed by atoms with Crippen LogP contribution < -0.4 is 26.2 Å². The lowest BCUT2D eigenvalue weighted by molar-refractivity contribution is -0.144. The van der Waals surface area contributed by atoms with Crippen molar-refractivity contribution in [3.63, 3.8) is 0 Å². The summed E-state index contributed by atoms with van der Waals surface area (Å²) in [7, 11) is 1.30. The minimum absolute atomic E-state index is 0.302. The second-order valence-corrected chi connectivity index (χ2v) is 15.0. The molecule has 0 bridgehead atoms. The molecule has 1 aliphatic rings. The van der Waals surface area contributed by atoms with Crippen LogP contribution in [-0.2, 0) is 14.3 Å². The summed E-state index contributed by atoms with van der Waals surface area (Å²) in [6.07, 6.45) is 7.49. The van der Waals surface area contributed by atoms with Gasteiger partial charge in [0.1, 0.15) is 17.7 Å². The van der Waals surface area contributed by atoms with Crippen LogP contribution in [0.5, 0.6) is 0 Å². The Morgan fingerprint density at radius 1 is 0.879 bits per heavy atom. The number of hydrogen-bond donors (Lipinski definition) is 5. The number of piperidine rings is 1. The number of aliphatic carboxylic acids is 1. The smallest absolute Gasteiger partial charge is 0.330 e. The van der Waals surface area contributed by atoms with Gasteiger partial charge in [0, 0.05) is 67.0 Å². The third-order valence-electron chi connectivity index (χ3n) is 8.92. The number of methoxy groups -OCH3 is 1. The molecule has 0 radical (unpaired) electrons. The van der Waals surface area contributed by atoms with Gasteiger partial charge in [-0.1, -0.05) is 22.7 Å². The first-order valence-electron chi connectivity index (χ1n) is 18.1. The number of nitrogens with one attached hydrogen (secondary N) is 4. The van der Waals surface area contributed by atoms with Crippen LogP contribution in [0.25, 0.3) is 42.7 Å². The Morgan fingerprint density at radius 2 is 1.43 bits per heavy atom. The van der Waals surface area contributed by atoms with Crippen LogP contribution in [0.4, 0.5) is 34.6 Å². The average molecular weight is 836 g/mol. The van der Waals surface area contributed by atoms with E-state index in [1.54, 1.807) is 32.2 Å². The Balaban J connectivity index is 0.000000198. The molecule has 0 aliphatic carbocycles. The van der Waals surface area contributed by atoms with E-state index in [1.165, 1.54) is 65.2 Å².